The number of tetrazole rings is 1. The Morgan fingerprint density at radius 2 is 1.82 bits per heavy atom. The third-order valence-corrected chi connectivity index (χ3v) is 3.58. The maximum Gasteiger partial charge on any atom is 0.417 e. The first-order chi connectivity index (χ1) is 10.5. The number of hydrogen-bond donors (Lipinski definition) is 0. The highest BCUT2D eigenvalue weighted by atomic mass is 19.4. The van der Waals surface area contributed by atoms with Gasteiger partial charge < -0.3 is 0 Å². The molecule has 0 amide bonds. The number of alkyl halides is 3. The predicted molar refractivity (Wildman–Crippen MR) is 70.3 cm³/mol. The molecule has 5 rings (SSSR count). The maximum atomic E-state index is 13.9. The van der Waals surface area contributed by atoms with Gasteiger partial charge in [0.1, 0.15) is 5.82 Å². The molecule has 22 heavy (non-hydrogen) atoms. The number of aromatic nitrogens is 4. The molecular formula is C14H6F4N4. The normalized spacial score (nSPS) is 12.5. The lowest BCUT2D eigenvalue weighted by molar-refractivity contribution is -0.136. The third-order valence-electron chi connectivity index (χ3n) is 3.58. The van der Waals surface area contributed by atoms with Crippen LogP contribution in [0.4, 0.5) is 17.6 Å². The second-order valence-corrected chi connectivity index (χ2v) is 4.80. The smallest absolute Gasteiger partial charge is 0.206 e. The molecule has 0 aliphatic rings. The van der Waals surface area contributed by atoms with Gasteiger partial charge in [-0.2, -0.15) is 13.2 Å². The van der Waals surface area contributed by atoms with Crippen LogP contribution in [0.15, 0.2) is 36.7 Å². The van der Waals surface area contributed by atoms with E-state index in [1.165, 1.54) is 24.5 Å². The van der Waals surface area contributed by atoms with Crippen LogP contribution in [0.5, 0.6) is 0 Å². The van der Waals surface area contributed by atoms with Gasteiger partial charge >= 0.3 is 6.18 Å². The van der Waals surface area contributed by atoms with E-state index in [1.54, 1.807) is 6.07 Å². The quantitative estimate of drug-likeness (QED) is 0.505. The van der Waals surface area contributed by atoms with Gasteiger partial charge in [0, 0.05) is 16.2 Å². The minimum absolute atomic E-state index is 0.0840. The molecule has 0 aliphatic heterocycles. The first kappa shape index (κ1) is 12.9. The summed E-state index contributed by atoms with van der Waals surface area (Å²) in [5.74, 6) is -0.681. The van der Waals surface area contributed by atoms with Crippen LogP contribution in [0.2, 0.25) is 0 Å². The van der Waals surface area contributed by atoms with Crippen molar-refractivity contribution < 1.29 is 17.6 Å². The lowest BCUT2D eigenvalue weighted by Crippen LogP contribution is -2.09. The lowest BCUT2D eigenvalue weighted by Gasteiger charge is -2.17. The molecule has 1 heterocycles. The number of benzene rings is 4. The SMILES string of the molecule is Fc1cc2ccc1c1c(C(F)(F)F)ccc(-n3ncnn3)c21. The summed E-state index contributed by atoms with van der Waals surface area (Å²) in [6, 6.07) is 6.30. The molecule has 110 valence electrons. The van der Waals surface area contributed by atoms with Gasteiger partial charge in [-0.15, -0.1) is 15.0 Å². The Labute approximate surface area is 120 Å². The Morgan fingerprint density at radius 3 is 2.45 bits per heavy atom. The van der Waals surface area contributed by atoms with E-state index in [9.17, 15) is 17.6 Å². The van der Waals surface area contributed by atoms with E-state index < -0.39 is 17.6 Å². The highest BCUT2D eigenvalue weighted by Gasteiger charge is 2.34. The van der Waals surface area contributed by atoms with Crippen LogP contribution in [0.3, 0.4) is 0 Å². The summed E-state index contributed by atoms with van der Waals surface area (Å²) in [5, 5.41) is 11.4. The minimum atomic E-state index is -4.59. The van der Waals surface area contributed by atoms with E-state index in [0.717, 1.165) is 10.9 Å². The molecular weight excluding hydrogens is 300 g/mol. The van der Waals surface area contributed by atoms with Crippen molar-refractivity contribution in [3.05, 3.63) is 48.0 Å². The molecule has 0 spiro atoms. The van der Waals surface area contributed by atoms with Gasteiger partial charge in [-0.05, 0) is 28.8 Å². The minimum Gasteiger partial charge on any atom is -0.206 e. The van der Waals surface area contributed by atoms with Crippen LogP contribution in [-0.2, 0) is 6.18 Å². The average Bonchev–Trinajstić information content (AvgIpc) is 2.99. The fourth-order valence-electron chi connectivity index (χ4n) is 2.72. The molecule has 2 bridgehead atoms. The van der Waals surface area contributed by atoms with E-state index in [-0.39, 0.29) is 16.2 Å². The molecule has 0 saturated carbocycles. The topological polar surface area (TPSA) is 43.6 Å². The van der Waals surface area contributed by atoms with E-state index in [0.29, 0.717) is 11.1 Å². The summed E-state index contributed by atoms with van der Waals surface area (Å²) < 4.78 is 53.7. The fourth-order valence-corrected chi connectivity index (χ4v) is 2.72. The van der Waals surface area contributed by atoms with Crippen molar-refractivity contribution in [1.29, 1.82) is 0 Å². The summed E-state index contributed by atoms with van der Waals surface area (Å²) in [7, 11) is 0. The molecule has 0 fully saturated rings. The number of nitrogens with zero attached hydrogens (tertiary/aromatic N) is 4. The van der Waals surface area contributed by atoms with Crippen molar-refractivity contribution in [1.82, 2.24) is 20.2 Å². The molecule has 0 atom stereocenters. The maximum absolute atomic E-state index is 13.9. The van der Waals surface area contributed by atoms with Gasteiger partial charge in [-0.25, -0.2) is 4.39 Å². The largest absolute Gasteiger partial charge is 0.417 e. The molecule has 1 aromatic heterocycles. The predicted octanol–water partition coefficient (Wildman–Crippen LogP) is 3.56. The zero-order chi connectivity index (χ0) is 15.5. The summed E-state index contributed by atoms with van der Waals surface area (Å²) in [6.07, 6.45) is -3.41. The summed E-state index contributed by atoms with van der Waals surface area (Å²) in [4.78, 5) is 1.12. The van der Waals surface area contributed by atoms with Crippen LogP contribution in [0, 0.1) is 5.82 Å². The van der Waals surface area contributed by atoms with Crippen LogP contribution in [-0.4, -0.2) is 20.2 Å². The lowest BCUT2D eigenvalue weighted by atomic mass is 9.93. The standard InChI is InChI=1S/C14H6F4N4/c15-10-5-7-1-2-8(10)13-9(14(16,17)18)3-4-11(12(7)13)22-20-6-19-21-22/h1-6H. The zero-order valence-electron chi connectivity index (χ0n) is 10.8. The Balaban J connectivity index is 2.23. The van der Waals surface area contributed by atoms with Gasteiger partial charge in [0.05, 0.1) is 11.3 Å². The molecule has 0 aliphatic carbocycles. The Hall–Kier alpha value is -2.77. The van der Waals surface area contributed by atoms with Crippen molar-refractivity contribution in [2.24, 2.45) is 0 Å². The summed E-state index contributed by atoms with van der Waals surface area (Å²) in [5.41, 5.74) is -0.562. The molecule has 0 unspecified atom stereocenters. The highest BCUT2D eigenvalue weighted by Crippen LogP contribution is 2.42. The number of fused-ring (bicyclic) bond motifs is 2. The third kappa shape index (κ3) is 1.66. The second-order valence-electron chi connectivity index (χ2n) is 4.80. The van der Waals surface area contributed by atoms with Gasteiger partial charge in [0.25, 0.3) is 0 Å². The van der Waals surface area contributed by atoms with Gasteiger partial charge in [-0.1, -0.05) is 12.1 Å². The van der Waals surface area contributed by atoms with Crippen molar-refractivity contribution in [3.8, 4) is 5.69 Å². The molecule has 0 saturated heterocycles. The van der Waals surface area contributed by atoms with E-state index in [4.69, 9.17) is 0 Å². The average molecular weight is 306 g/mol. The van der Waals surface area contributed by atoms with Crippen LogP contribution in [0.1, 0.15) is 5.56 Å². The monoisotopic (exact) mass is 306 g/mol. The van der Waals surface area contributed by atoms with Crippen LogP contribution >= 0.6 is 0 Å². The van der Waals surface area contributed by atoms with Gasteiger partial charge in [0.15, 0.2) is 6.33 Å². The second kappa shape index (κ2) is 4.12. The van der Waals surface area contributed by atoms with E-state index in [2.05, 4.69) is 15.4 Å². The van der Waals surface area contributed by atoms with Crippen molar-refractivity contribution in [3.63, 3.8) is 0 Å². The molecule has 4 aromatic carbocycles. The zero-order valence-corrected chi connectivity index (χ0v) is 10.8. The molecule has 0 radical (unpaired) electrons. The number of halogens is 4. The summed E-state index contributed by atoms with van der Waals surface area (Å²) >= 11 is 0. The van der Waals surface area contributed by atoms with Crippen molar-refractivity contribution in [2.45, 2.75) is 6.18 Å². The molecule has 8 heteroatoms. The van der Waals surface area contributed by atoms with E-state index >= 15 is 0 Å². The molecule has 5 aromatic rings. The van der Waals surface area contributed by atoms with Gasteiger partial charge in [0.2, 0.25) is 0 Å². The van der Waals surface area contributed by atoms with Gasteiger partial charge in [-0.3, -0.25) is 0 Å². The Morgan fingerprint density at radius 1 is 1.00 bits per heavy atom. The first-order valence-corrected chi connectivity index (χ1v) is 6.24. The Kier molecular flexibility index (Phi) is 2.42. The van der Waals surface area contributed by atoms with Crippen molar-refractivity contribution in [2.75, 3.05) is 0 Å². The Bertz CT molecular complexity index is 976. The van der Waals surface area contributed by atoms with Crippen LogP contribution in [0.25, 0.3) is 27.2 Å². The van der Waals surface area contributed by atoms with Crippen LogP contribution < -0.4 is 0 Å². The number of hydrogen-bond acceptors (Lipinski definition) is 3. The first-order valence-electron chi connectivity index (χ1n) is 6.24. The highest BCUT2D eigenvalue weighted by molar-refractivity contribution is 6.15. The summed E-state index contributed by atoms with van der Waals surface area (Å²) in [6.45, 7) is 0. The fraction of sp³-hybridized carbons (Fsp3) is 0.0714. The van der Waals surface area contributed by atoms with E-state index in [1.807, 2.05) is 0 Å². The molecule has 0 N–H and O–H groups in total. The molecule has 4 nitrogen and oxygen atoms in total. The van der Waals surface area contributed by atoms with Crippen molar-refractivity contribution >= 4 is 21.5 Å². The number of rotatable bonds is 1.